The zero-order chi connectivity index (χ0) is 18.1. The zero-order valence-corrected chi connectivity index (χ0v) is 16.6. The van der Waals surface area contributed by atoms with Gasteiger partial charge < -0.3 is 15.5 Å². The Morgan fingerprint density at radius 3 is 2.44 bits per heavy atom. The number of hydrogen-bond acceptors (Lipinski definition) is 3. The summed E-state index contributed by atoms with van der Waals surface area (Å²) in [6.07, 6.45) is 0. The third kappa shape index (κ3) is 6.88. The molecular formula is C20H30N4S. The molecule has 0 fully saturated rings. The van der Waals surface area contributed by atoms with Crippen molar-refractivity contribution in [1.82, 2.24) is 15.5 Å². The lowest BCUT2D eigenvalue weighted by Crippen LogP contribution is -2.39. The smallest absolute Gasteiger partial charge is 0.191 e. The van der Waals surface area contributed by atoms with Gasteiger partial charge in [0.05, 0.1) is 6.54 Å². The number of guanidine groups is 1. The summed E-state index contributed by atoms with van der Waals surface area (Å²) in [5.41, 5.74) is 2.55. The third-order valence-corrected chi connectivity index (χ3v) is 4.99. The number of nitrogens with one attached hydrogen (secondary N) is 2. The minimum atomic E-state index is 0.481. The van der Waals surface area contributed by atoms with Crippen molar-refractivity contribution in [1.29, 1.82) is 0 Å². The number of hydrogen-bond donors (Lipinski definition) is 2. The lowest BCUT2D eigenvalue weighted by molar-refractivity contribution is 0.402. The van der Waals surface area contributed by atoms with E-state index < -0.39 is 0 Å². The third-order valence-electron chi connectivity index (χ3n) is 3.89. The molecule has 2 rings (SSSR count). The molecule has 0 bridgehead atoms. The van der Waals surface area contributed by atoms with Crippen LogP contribution in [0.3, 0.4) is 0 Å². The first kappa shape index (κ1) is 19.5. The number of rotatable bonds is 8. The Balaban J connectivity index is 1.90. The number of aliphatic imine (C=N–C) groups is 1. The van der Waals surface area contributed by atoms with E-state index in [1.807, 2.05) is 11.3 Å². The Hall–Kier alpha value is -1.85. The second-order valence-corrected chi connectivity index (χ2v) is 7.53. The topological polar surface area (TPSA) is 39.7 Å². The Labute approximate surface area is 156 Å². The van der Waals surface area contributed by atoms with Crippen molar-refractivity contribution < 1.29 is 0 Å². The molecule has 4 nitrogen and oxygen atoms in total. The first-order valence-corrected chi connectivity index (χ1v) is 9.74. The summed E-state index contributed by atoms with van der Waals surface area (Å²) >= 11 is 1.81. The van der Waals surface area contributed by atoms with Gasteiger partial charge in [0.2, 0.25) is 0 Å². The highest BCUT2D eigenvalue weighted by Crippen LogP contribution is 2.19. The number of benzene rings is 1. The summed E-state index contributed by atoms with van der Waals surface area (Å²) in [6.45, 7) is 7.73. The number of thiophene rings is 1. The standard InChI is InChI=1S/C20H30N4S/c1-5-21-20(22-13-16(2)19-7-6-12-25-19)23-14-17-8-10-18(11-9-17)15-24(3)4/h6-12,16H,5,13-15H2,1-4H3,(H2,21,22,23). The van der Waals surface area contributed by atoms with Gasteiger partial charge in [-0.05, 0) is 43.6 Å². The molecule has 1 aromatic carbocycles. The summed E-state index contributed by atoms with van der Waals surface area (Å²) in [7, 11) is 4.17. The van der Waals surface area contributed by atoms with Crippen LogP contribution in [-0.4, -0.2) is 38.0 Å². The summed E-state index contributed by atoms with van der Waals surface area (Å²) in [6, 6.07) is 13.0. The molecule has 0 amide bonds. The van der Waals surface area contributed by atoms with Gasteiger partial charge in [-0.25, -0.2) is 4.99 Å². The van der Waals surface area contributed by atoms with Crippen molar-refractivity contribution in [2.75, 3.05) is 27.2 Å². The molecule has 1 aromatic heterocycles. The Morgan fingerprint density at radius 1 is 1.12 bits per heavy atom. The van der Waals surface area contributed by atoms with E-state index in [2.05, 4.69) is 85.3 Å². The average Bonchev–Trinajstić information content (AvgIpc) is 3.12. The van der Waals surface area contributed by atoms with E-state index in [1.54, 1.807) is 0 Å². The van der Waals surface area contributed by atoms with Gasteiger partial charge in [0, 0.05) is 30.4 Å². The van der Waals surface area contributed by atoms with E-state index in [0.717, 1.165) is 25.6 Å². The molecule has 1 heterocycles. The zero-order valence-electron chi connectivity index (χ0n) is 15.7. The summed E-state index contributed by atoms with van der Waals surface area (Å²) in [5.74, 6) is 1.36. The summed E-state index contributed by atoms with van der Waals surface area (Å²) in [4.78, 5) is 8.29. The van der Waals surface area contributed by atoms with Gasteiger partial charge in [0.15, 0.2) is 5.96 Å². The molecule has 0 saturated heterocycles. The minimum Gasteiger partial charge on any atom is -0.357 e. The molecule has 0 saturated carbocycles. The molecule has 0 spiro atoms. The van der Waals surface area contributed by atoms with Crippen LogP contribution in [0.2, 0.25) is 0 Å². The molecule has 5 heteroatoms. The number of nitrogens with zero attached hydrogens (tertiary/aromatic N) is 2. The van der Waals surface area contributed by atoms with E-state index in [4.69, 9.17) is 4.99 Å². The van der Waals surface area contributed by atoms with Crippen LogP contribution in [0.1, 0.15) is 35.8 Å². The van der Waals surface area contributed by atoms with Gasteiger partial charge in [-0.2, -0.15) is 0 Å². The van der Waals surface area contributed by atoms with Crippen LogP contribution in [0.4, 0.5) is 0 Å². The van der Waals surface area contributed by atoms with Crippen LogP contribution in [0.15, 0.2) is 46.8 Å². The van der Waals surface area contributed by atoms with Crippen molar-refractivity contribution in [3.63, 3.8) is 0 Å². The maximum atomic E-state index is 4.72. The van der Waals surface area contributed by atoms with Crippen LogP contribution in [0.25, 0.3) is 0 Å². The van der Waals surface area contributed by atoms with Gasteiger partial charge in [-0.1, -0.05) is 37.3 Å². The monoisotopic (exact) mass is 358 g/mol. The first-order chi connectivity index (χ1) is 12.1. The SMILES string of the molecule is CCNC(=NCc1ccc(CN(C)C)cc1)NCC(C)c1cccs1. The molecule has 0 radical (unpaired) electrons. The first-order valence-electron chi connectivity index (χ1n) is 8.86. The van der Waals surface area contributed by atoms with Crippen LogP contribution in [0.5, 0.6) is 0 Å². The highest BCUT2D eigenvalue weighted by atomic mass is 32.1. The van der Waals surface area contributed by atoms with E-state index in [1.165, 1.54) is 16.0 Å². The summed E-state index contributed by atoms with van der Waals surface area (Å²) < 4.78 is 0. The largest absolute Gasteiger partial charge is 0.357 e. The summed E-state index contributed by atoms with van der Waals surface area (Å²) in [5, 5.41) is 8.91. The molecule has 0 aliphatic heterocycles. The average molecular weight is 359 g/mol. The lowest BCUT2D eigenvalue weighted by atomic mass is 10.1. The molecule has 1 unspecified atom stereocenters. The molecule has 2 aromatic rings. The van der Waals surface area contributed by atoms with E-state index in [-0.39, 0.29) is 0 Å². The van der Waals surface area contributed by atoms with Gasteiger partial charge >= 0.3 is 0 Å². The highest BCUT2D eigenvalue weighted by molar-refractivity contribution is 7.10. The molecular weight excluding hydrogens is 328 g/mol. The van der Waals surface area contributed by atoms with Crippen molar-refractivity contribution in [2.45, 2.75) is 32.9 Å². The fourth-order valence-electron chi connectivity index (χ4n) is 2.55. The predicted molar refractivity (Wildman–Crippen MR) is 109 cm³/mol. The Kier molecular flexibility index (Phi) is 7.95. The Bertz CT molecular complexity index is 632. The van der Waals surface area contributed by atoms with Gasteiger partial charge in [0.25, 0.3) is 0 Å². The highest BCUT2D eigenvalue weighted by Gasteiger charge is 2.07. The second-order valence-electron chi connectivity index (χ2n) is 6.55. The molecule has 136 valence electrons. The fourth-order valence-corrected chi connectivity index (χ4v) is 3.34. The van der Waals surface area contributed by atoms with Gasteiger partial charge in [0.1, 0.15) is 0 Å². The van der Waals surface area contributed by atoms with E-state index in [9.17, 15) is 0 Å². The fraction of sp³-hybridized carbons (Fsp3) is 0.450. The van der Waals surface area contributed by atoms with Crippen LogP contribution in [-0.2, 0) is 13.1 Å². The van der Waals surface area contributed by atoms with Crippen LogP contribution in [0, 0.1) is 0 Å². The van der Waals surface area contributed by atoms with Gasteiger partial charge in [-0.15, -0.1) is 11.3 Å². The molecule has 0 aliphatic rings. The molecule has 1 atom stereocenters. The van der Waals surface area contributed by atoms with Crippen molar-refractivity contribution in [3.8, 4) is 0 Å². The molecule has 2 N–H and O–H groups in total. The Morgan fingerprint density at radius 2 is 1.84 bits per heavy atom. The minimum absolute atomic E-state index is 0.481. The van der Waals surface area contributed by atoms with E-state index >= 15 is 0 Å². The second kappa shape index (κ2) is 10.2. The van der Waals surface area contributed by atoms with Crippen molar-refractivity contribution in [2.24, 2.45) is 4.99 Å². The van der Waals surface area contributed by atoms with Crippen molar-refractivity contribution in [3.05, 3.63) is 57.8 Å². The maximum absolute atomic E-state index is 4.72. The molecule has 0 aliphatic carbocycles. The van der Waals surface area contributed by atoms with Crippen LogP contribution >= 0.6 is 11.3 Å². The quantitative estimate of drug-likeness (QED) is 0.559. The normalized spacial score (nSPS) is 13.1. The van der Waals surface area contributed by atoms with E-state index in [0.29, 0.717) is 12.5 Å². The van der Waals surface area contributed by atoms with Crippen molar-refractivity contribution >= 4 is 17.3 Å². The maximum Gasteiger partial charge on any atom is 0.191 e. The van der Waals surface area contributed by atoms with Gasteiger partial charge in [-0.3, -0.25) is 0 Å². The lowest BCUT2D eigenvalue weighted by Gasteiger charge is -2.15. The molecule has 25 heavy (non-hydrogen) atoms. The predicted octanol–water partition coefficient (Wildman–Crippen LogP) is 3.67. The van der Waals surface area contributed by atoms with Crippen LogP contribution < -0.4 is 10.6 Å².